The van der Waals surface area contributed by atoms with Gasteiger partial charge in [0.25, 0.3) is 0 Å². The highest BCUT2D eigenvalue weighted by Crippen LogP contribution is 2.33. The van der Waals surface area contributed by atoms with Crippen LogP contribution in [0.4, 0.5) is 19.1 Å². The lowest BCUT2D eigenvalue weighted by atomic mass is 10.1. The van der Waals surface area contributed by atoms with E-state index in [1.165, 1.54) is 6.07 Å². The first-order valence-electron chi connectivity index (χ1n) is 8.97. The number of rotatable bonds is 3. The molecule has 3 aromatic rings. The highest BCUT2D eigenvalue weighted by atomic mass is 32.2. The van der Waals surface area contributed by atoms with Crippen LogP contribution in [0, 0.1) is 0 Å². The van der Waals surface area contributed by atoms with Crippen LogP contribution >= 0.6 is 0 Å². The number of carbonyl (C=O) groups is 1. The first-order valence-corrected chi connectivity index (χ1v) is 10.9. The summed E-state index contributed by atoms with van der Waals surface area (Å²) in [5.74, 6) is -0.866. The van der Waals surface area contributed by atoms with Gasteiger partial charge in [-0.3, -0.25) is 4.79 Å². The molecular formula is C19H17F3N4O3S. The number of hydrogen-bond acceptors (Lipinski definition) is 6. The maximum atomic E-state index is 13.4. The van der Waals surface area contributed by atoms with Crippen molar-refractivity contribution in [1.29, 1.82) is 0 Å². The Morgan fingerprint density at radius 2 is 1.90 bits per heavy atom. The first kappa shape index (κ1) is 20.3. The maximum absolute atomic E-state index is 13.4. The lowest BCUT2D eigenvalue weighted by Gasteiger charge is -2.29. The molecule has 0 unspecified atom stereocenters. The van der Waals surface area contributed by atoms with Crippen LogP contribution in [0.25, 0.3) is 10.9 Å². The van der Waals surface area contributed by atoms with Crippen molar-refractivity contribution in [2.75, 3.05) is 17.7 Å². The number of anilines is 1. The molecule has 30 heavy (non-hydrogen) atoms. The molecule has 158 valence electrons. The van der Waals surface area contributed by atoms with Gasteiger partial charge in [-0.25, -0.2) is 18.4 Å². The molecule has 0 spiro atoms. The second kappa shape index (κ2) is 6.79. The summed E-state index contributed by atoms with van der Waals surface area (Å²) in [5, 5.41) is 0.836. The number of benzene rings is 1. The van der Waals surface area contributed by atoms with Crippen LogP contribution in [0.5, 0.6) is 0 Å². The number of carbonyl (C=O) groups excluding carboxylic acids is 1. The molecule has 1 aliphatic rings. The third-order valence-electron chi connectivity index (χ3n) is 5.04. The second-order valence-corrected chi connectivity index (χ2v) is 9.20. The zero-order valence-electron chi connectivity index (χ0n) is 16.1. The van der Waals surface area contributed by atoms with Gasteiger partial charge in [-0.2, -0.15) is 13.2 Å². The minimum atomic E-state index is -4.77. The number of Topliss-reactive ketones (excluding diaryl/α,β-unsaturated/α-hetero) is 1. The van der Waals surface area contributed by atoms with E-state index < -0.39 is 33.1 Å². The van der Waals surface area contributed by atoms with Crippen molar-refractivity contribution in [3.63, 3.8) is 0 Å². The summed E-state index contributed by atoms with van der Waals surface area (Å²) in [6, 6.07) is 6.70. The molecule has 0 radical (unpaired) electrons. The van der Waals surface area contributed by atoms with Gasteiger partial charge in [0.1, 0.15) is 0 Å². The predicted octanol–water partition coefficient (Wildman–Crippen LogP) is 3.08. The van der Waals surface area contributed by atoms with Gasteiger partial charge < -0.3 is 9.47 Å². The average molecular weight is 438 g/mol. The number of hydrogen-bond donors (Lipinski definition) is 0. The van der Waals surface area contributed by atoms with E-state index in [1.54, 1.807) is 17.0 Å². The third kappa shape index (κ3) is 3.53. The lowest BCUT2D eigenvalue weighted by Crippen LogP contribution is -2.35. The number of fused-ring (bicyclic) bond motifs is 3. The Hall–Kier alpha value is -2.95. The Morgan fingerprint density at radius 3 is 2.53 bits per heavy atom. The Balaban J connectivity index is 1.72. The van der Waals surface area contributed by atoms with Crippen LogP contribution in [0.15, 0.2) is 35.4 Å². The van der Waals surface area contributed by atoms with Crippen molar-refractivity contribution in [3.05, 3.63) is 47.4 Å². The normalized spacial score (nSPS) is 14.8. The molecule has 11 heteroatoms. The zero-order valence-corrected chi connectivity index (χ0v) is 16.9. The quantitative estimate of drug-likeness (QED) is 0.585. The largest absolute Gasteiger partial charge is 0.434 e. The summed E-state index contributed by atoms with van der Waals surface area (Å²) < 4.78 is 65.7. The number of ketones is 1. The minimum Gasteiger partial charge on any atom is -0.341 e. The summed E-state index contributed by atoms with van der Waals surface area (Å²) in [6.45, 7) is 2.04. The SMILES string of the molecule is CC(=O)c1cnc(N2CCn3c(cc4ccc(S(C)(=O)=O)cc43)C2)nc1C(F)(F)F. The highest BCUT2D eigenvalue weighted by molar-refractivity contribution is 7.90. The van der Waals surface area contributed by atoms with Crippen molar-refractivity contribution < 1.29 is 26.4 Å². The van der Waals surface area contributed by atoms with Crippen LogP contribution in [-0.4, -0.2) is 41.5 Å². The van der Waals surface area contributed by atoms with E-state index in [1.807, 2.05) is 10.6 Å². The Labute approximate surface area is 170 Å². The van der Waals surface area contributed by atoms with Gasteiger partial charge in [0.15, 0.2) is 21.3 Å². The van der Waals surface area contributed by atoms with Gasteiger partial charge in [-0.1, -0.05) is 6.07 Å². The average Bonchev–Trinajstić information content (AvgIpc) is 3.03. The number of nitrogens with zero attached hydrogens (tertiary/aromatic N) is 4. The van der Waals surface area contributed by atoms with Crippen molar-refractivity contribution in [2.45, 2.75) is 31.1 Å². The molecule has 0 atom stereocenters. The Bertz CT molecular complexity index is 1280. The van der Waals surface area contributed by atoms with E-state index in [0.717, 1.165) is 36.0 Å². The molecule has 0 amide bonds. The van der Waals surface area contributed by atoms with E-state index in [2.05, 4.69) is 9.97 Å². The Kier molecular flexibility index (Phi) is 4.60. The van der Waals surface area contributed by atoms with Gasteiger partial charge >= 0.3 is 6.18 Å². The van der Waals surface area contributed by atoms with Crippen molar-refractivity contribution >= 4 is 32.5 Å². The van der Waals surface area contributed by atoms with Crippen LogP contribution in [0.3, 0.4) is 0 Å². The molecule has 7 nitrogen and oxygen atoms in total. The highest BCUT2D eigenvalue weighted by Gasteiger charge is 2.38. The molecule has 0 fully saturated rings. The second-order valence-electron chi connectivity index (χ2n) is 7.19. The van der Waals surface area contributed by atoms with Gasteiger partial charge in [0.2, 0.25) is 5.95 Å². The molecule has 0 bridgehead atoms. The fraction of sp³-hybridized carbons (Fsp3) is 0.316. The standard InChI is InChI=1S/C19H17F3N4O3S/c1-11(27)15-9-23-18(24-17(15)19(20,21)22)25-5-6-26-13(10-25)7-12-3-4-14(8-16(12)26)30(2,28)29/h3-4,7-9H,5-6,10H2,1-2H3. The third-order valence-corrected chi connectivity index (χ3v) is 6.15. The van der Waals surface area contributed by atoms with Gasteiger partial charge in [0, 0.05) is 42.1 Å². The molecule has 0 saturated carbocycles. The van der Waals surface area contributed by atoms with E-state index in [-0.39, 0.29) is 17.4 Å². The monoisotopic (exact) mass is 438 g/mol. The molecule has 3 heterocycles. The van der Waals surface area contributed by atoms with Gasteiger partial charge in [-0.15, -0.1) is 0 Å². The maximum Gasteiger partial charge on any atom is 0.434 e. The van der Waals surface area contributed by atoms with E-state index in [9.17, 15) is 26.4 Å². The van der Waals surface area contributed by atoms with Crippen LogP contribution in [0.2, 0.25) is 0 Å². The molecule has 4 rings (SSSR count). The van der Waals surface area contributed by atoms with Crippen LogP contribution in [-0.2, 0) is 29.1 Å². The summed E-state index contributed by atoms with van der Waals surface area (Å²) in [6.07, 6.45) is -2.72. The zero-order chi connectivity index (χ0) is 21.8. The van der Waals surface area contributed by atoms with Crippen molar-refractivity contribution in [3.8, 4) is 0 Å². The Morgan fingerprint density at radius 1 is 1.17 bits per heavy atom. The summed E-state index contributed by atoms with van der Waals surface area (Å²) in [4.78, 5) is 20.9. The predicted molar refractivity (Wildman–Crippen MR) is 103 cm³/mol. The molecule has 0 saturated heterocycles. The molecule has 2 aromatic heterocycles. The van der Waals surface area contributed by atoms with E-state index in [4.69, 9.17) is 0 Å². The molecular weight excluding hydrogens is 421 g/mol. The molecule has 0 N–H and O–H groups in total. The summed E-state index contributed by atoms with van der Waals surface area (Å²) in [5.41, 5.74) is -0.263. The van der Waals surface area contributed by atoms with E-state index >= 15 is 0 Å². The smallest absolute Gasteiger partial charge is 0.341 e. The number of sulfone groups is 1. The topological polar surface area (TPSA) is 85.2 Å². The number of alkyl halides is 3. The fourth-order valence-corrected chi connectivity index (χ4v) is 4.22. The first-order chi connectivity index (χ1) is 13.9. The summed E-state index contributed by atoms with van der Waals surface area (Å²) >= 11 is 0. The number of halogens is 3. The summed E-state index contributed by atoms with van der Waals surface area (Å²) in [7, 11) is -3.36. The molecule has 1 aliphatic heterocycles. The number of aromatic nitrogens is 3. The van der Waals surface area contributed by atoms with Crippen molar-refractivity contribution in [2.24, 2.45) is 0 Å². The molecule has 1 aromatic carbocycles. The van der Waals surface area contributed by atoms with Gasteiger partial charge in [-0.05, 0) is 25.1 Å². The van der Waals surface area contributed by atoms with Gasteiger partial charge in [0.05, 0.1) is 17.0 Å². The van der Waals surface area contributed by atoms with Crippen molar-refractivity contribution in [1.82, 2.24) is 14.5 Å². The minimum absolute atomic E-state index is 0.111. The van der Waals surface area contributed by atoms with Crippen LogP contribution in [0.1, 0.15) is 28.7 Å². The van der Waals surface area contributed by atoms with Crippen LogP contribution < -0.4 is 4.90 Å². The fourth-order valence-electron chi connectivity index (χ4n) is 3.58. The molecule has 0 aliphatic carbocycles. The van der Waals surface area contributed by atoms with E-state index in [0.29, 0.717) is 13.1 Å². The lowest BCUT2D eigenvalue weighted by molar-refractivity contribution is -0.141.